The summed E-state index contributed by atoms with van der Waals surface area (Å²) in [6.45, 7) is 0. The maximum Gasteiger partial charge on any atom is 0.355 e. The van der Waals surface area contributed by atoms with Gasteiger partial charge in [0.25, 0.3) is 0 Å². The van der Waals surface area contributed by atoms with Crippen LogP contribution in [0.2, 0.25) is 0 Å². The summed E-state index contributed by atoms with van der Waals surface area (Å²) in [7, 11) is 1.27. The number of hydrogen-bond acceptors (Lipinski definition) is 6. The van der Waals surface area contributed by atoms with Crippen molar-refractivity contribution in [3.05, 3.63) is 209 Å². The number of hydrogen-bond donors (Lipinski definition) is 2. The molecule has 0 amide bonds. The van der Waals surface area contributed by atoms with Crippen LogP contribution in [-0.4, -0.2) is 49.0 Å². The second kappa shape index (κ2) is 14.9. The zero-order chi connectivity index (χ0) is 43.8. The number of rotatable bonds is 5. The van der Waals surface area contributed by atoms with Gasteiger partial charge in [-0.05, 0) is 71.3 Å². The number of ether oxygens (including phenoxy) is 1. The molecule has 9 heteroatoms. The molecule has 3 aliphatic rings. The monoisotopic (exact) mass is 841 g/mol. The number of benzene rings is 4. The van der Waals surface area contributed by atoms with Crippen LogP contribution < -0.4 is 0 Å². The summed E-state index contributed by atoms with van der Waals surface area (Å²) in [5, 5.41) is 0. The molecule has 0 fully saturated rings. The minimum absolute atomic E-state index is 0.0110. The maximum atomic E-state index is 14.8. The lowest BCUT2D eigenvalue weighted by Crippen LogP contribution is -2.22. The van der Waals surface area contributed by atoms with E-state index in [9.17, 15) is 14.4 Å². The molecule has 0 saturated heterocycles. The van der Waals surface area contributed by atoms with Gasteiger partial charge in [0.15, 0.2) is 11.6 Å². The number of aromatic nitrogens is 5. The van der Waals surface area contributed by atoms with Crippen molar-refractivity contribution in [2.24, 2.45) is 0 Å². The number of H-pyrrole nitrogens is 2. The van der Waals surface area contributed by atoms with Gasteiger partial charge < -0.3 is 19.1 Å². The molecule has 1 aliphatic carbocycles. The number of ketones is 2. The van der Waals surface area contributed by atoms with Gasteiger partial charge >= 0.3 is 5.97 Å². The Balaban J connectivity index is 1.26. The average Bonchev–Trinajstić information content (AvgIpc) is 4.22. The summed E-state index contributed by atoms with van der Waals surface area (Å²) in [5.74, 6) is -1.52. The lowest BCUT2D eigenvalue weighted by Gasteiger charge is -2.15. The fourth-order valence-corrected chi connectivity index (χ4v) is 9.61. The molecule has 7 heterocycles. The first-order valence-corrected chi connectivity index (χ1v) is 21.2. The second-order valence-corrected chi connectivity index (χ2v) is 16.0. The molecule has 0 saturated carbocycles. The molecule has 4 aromatic carbocycles. The van der Waals surface area contributed by atoms with E-state index in [2.05, 4.69) is 70.7 Å². The van der Waals surface area contributed by atoms with Crippen LogP contribution in [0.1, 0.15) is 65.1 Å². The summed E-state index contributed by atoms with van der Waals surface area (Å²) in [4.78, 5) is 61.4. The summed E-state index contributed by atoms with van der Waals surface area (Å²) in [6, 6.07) is 49.3. The van der Waals surface area contributed by atoms with Crippen molar-refractivity contribution in [3.8, 4) is 44.5 Å². The molecule has 2 N–H and O–H groups in total. The largest absolute Gasteiger partial charge is 0.464 e. The van der Waals surface area contributed by atoms with E-state index < -0.39 is 11.8 Å². The summed E-state index contributed by atoms with van der Waals surface area (Å²) in [5.41, 5.74) is 14.0. The Morgan fingerprint density at radius 1 is 0.446 bits per heavy atom. The lowest BCUT2D eigenvalue weighted by molar-refractivity contribution is 0.0589. The van der Waals surface area contributed by atoms with E-state index in [1.54, 1.807) is 34.9 Å². The molecule has 2 aliphatic heterocycles. The second-order valence-electron chi connectivity index (χ2n) is 16.0. The van der Waals surface area contributed by atoms with Crippen LogP contribution in [0, 0.1) is 0 Å². The molecule has 65 heavy (non-hydrogen) atoms. The van der Waals surface area contributed by atoms with E-state index in [0.29, 0.717) is 33.5 Å². The molecular weight excluding hydrogens is 807 g/mol. The fourth-order valence-electron chi connectivity index (χ4n) is 9.61. The number of pyridine rings is 1. The molecule has 8 bridgehead atoms. The Hall–Kier alpha value is -8.95. The third-order valence-electron chi connectivity index (χ3n) is 12.4. The number of carbonyl (C=O) groups is 3. The molecule has 12 rings (SSSR count). The van der Waals surface area contributed by atoms with Gasteiger partial charge in [0.05, 0.1) is 46.5 Å². The first-order chi connectivity index (χ1) is 32.0. The number of esters is 1. The van der Waals surface area contributed by atoms with Crippen molar-refractivity contribution in [2.45, 2.75) is 0 Å². The highest BCUT2D eigenvalue weighted by molar-refractivity contribution is 6.34. The van der Waals surface area contributed by atoms with Crippen LogP contribution in [0.4, 0.5) is 0 Å². The number of carbonyl (C=O) groups excluding carboxylic acids is 3. The third-order valence-corrected chi connectivity index (χ3v) is 12.4. The highest BCUT2D eigenvalue weighted by Gasteiger charge is 2.39. The first kappa shape index (κ1) is 37.8. The van der Waals surface area contributed by atoms with Gasteiger partial charge in [-0.25, -0.2) is 14.8 Å². The number of methoxy groups -OCH3 is 1. The zero-order valence-electron chi connectivity index (χ0n) is 34.8. The standard InChI is InChI=1S/C56H35N5O4/c1-65-56(64)53-51-50(54(62)35-20-11-12-21-36(35)55(51)63)52-37(22-13-31-61(52)53)49-44-29-27-42(59-44)47(33-16-7-3-8-17-33)40-25-23-38(57-40)46(32-14-5-2-6-15-32)39-24-26-41(58-39)48(34-18-9-4-10-19-34)43-28-30-45(49)60-43/h2-31,57,60H,1H3. The predicted octanol–water partition coefficient (Wildman–Crippen LogP) is 12.1. The SMILES string of the molecule is COC(=O)c1c2c(c3c(-c4c5nc(c(-c6ccccc6)c6ccc([nH]6)c(-c6ccccc6)c6nc(c(-c7ccccc7)c7ccc4[nH]7)C=C6)C=C5)cccn13)C(=O)c1ccccc1C2=O. The molecule has 0 radical (unpaired) electrons. The van der Waals surface area contributed by atoms with Crippen LogP contribution in [0.15, 0.2) is 158 Å². The fraction of sp³-hybridized carbons (Fsp3) is 0.0179. The van der Waals surface area contributed by atoms with E-state index in [1.165, 1.54) is 7.11 Å². The molecule has 0 atom stereocenters. The Kier molecular flexibility index (Phi) is 8.63. The Labute approximate surface area is 371 Å². The van der Waals surface area contributed by atoms with Crippen LogP contribution in [0.5, 0.6) is 0 Å². The van der Waals surface area contributed by atoms with Crippen LogP contribution >= 0.6 is 0 Å². The number of fused-ring (bicyclic) bond motifs is 12. The Morgan fingerprint density at radius 2 is 0.831 bits per heavy atom. The zero-order valence-corrected chi connectivity index (χ0v) is 34.8. The Morgan fingerprint density at radius 3 is 1.28 bits per heavy atom. The first-order valence-electron chi connectivity index (χ1n) is 21.2. The highest BCUT2D eigenvalue weighted by atomic mass is 16.5. The van der Waals surface area contributed by atoms with Gasteiger partial charge in [-0.3, -0.25) is 9.59 Å². The summed E-state index contributed by atoms with van der Waals surface area (Å²) >= 11 is 0. The van der Waals surface area contributed by atoms with E-state index in [1.807, 2.05) is 91.0 Å². The maximum absolute atomic E-state index is 14.8. The van der Waals surface area contributed by atoms with Crippen molar-refractivity contribution in [1.29, 1.82) is 0 Å². The van der Waals surface area contributed by atoms with Gasteiger partial charge in [-0.15, -0.1) is 0 Å². The average molecular weight is 842 g/mol. The topological polar surface area (TPSA) is 122 Å². The Bertz CT molecular complexity index is 3710. The van der Waals surface area contributed by atoms with Crippen molar-refractivity contribution < 1.29 is 19.1 Å². The predicted molar refractivity (Wildman–Crippen MR) is 256 cm³/mol. The summed E-state index contributed by atoms with van der Waals surface area (Å²) < 4.78 is 6.92. The molecular formula is C56H35N5O4. The van der Waals surface area contributed by atoms with Gasteiger partial charge in [0.1, 0.15) is 5.69 Å². The van der Waals surface area contributed by atoms with Gasteiger partial charge in [-0.1, -0.05) is 121 Å². The van der Waals surface area contributed by atoms with Gasteiger partial charge in [-0.2, -0.15) is 0 Å². The number of nitrogens with one attached hydrogen (secondary N) is 2. The van der Waals surface area contributed by atoms with E-state index >= 15 is 0 Å². The smallest absolute Gasteiger partial charge is 0.355 e. The van der Waals surface area contributed by atoms with E-state index in [4.69, 9.17) is 14.7 Å². The minimum Gasteiger partial charge on any atom is -0.464 e. The van der Waals surface area contributed by atoms with Crippen LogP contribution in [-0.2, 0) is 4.74 Å². The molecule has 308 valence electrons. The van der Waals surface area contributed by atoms with Gasteiger partial charge in [0, 0.05) is 67.2 Å². The molecule has 5 aromatic heterocycles. The lowest BCUT2D eigenvalue weighted by atomic mass is 9.84. The summed E-state index contributed by atoms with van der Waals surface area (Å²) in [6.07, 6.45) is 9.81. The molecule has 0 spiro atoms. The minimum atomic E-state index is -0.735. The van der Waals surface area contributed by atoms with Crippen LogP contribution in [0.3, 0.4) is 0 Å². The quantitative estimate of drug-likeness (QED) is 0.166. The van der Waals surface area contributed by atoms with E-state index in [-0.39, 0.29) is 33.7 Å². The van der Waals surface area contributed by atoms with E-state index in [0.717, 1.165) is 61.3 Å². The number of nitrogens with zero attached hydrogens (tertiary/aromatic N) is 3. The van der Waals surface area contributed by atoms with Crippen molar-refractivity contribution in [1.82, 2.24) is 24.3 Å². The van der Waals surface area contributed by atoms with Crippen LogP contribution in [0.25, 0.3) is 96.4 Å². The molecule has 0 unspecified atom stereocenters. The third kappa shape index (κ3) is 5.90. The van der Waals surface area contributed by atoms with Crippen molar-refractivity contribution >= 4 is 69.4 Å². The normalized spacial score (nSPS) is 12.7. The van der Waals surface area contributed by atoms with Gasteiger partial charge in [0.2, 0.25) is 0 Å². The van der Waals surface area contributed by atoms with Crippen molar-refractivity contribution in [2.75, 3.05) is 7.11 Å². The molecule has 9 nitrogen and oxygen atoms in total. The highest BCUT2D eigenvalue weighted by Crippen LogP contribution is 2.43. The molecule has 9 aromatic rings. The van der Waals surface area contributed by atoms with Crippen molar-refractivity contribution in [3.63, 3.8) is 0 Å². The number of aromatic amines is 2.